The summed E-state index contributed by atoms with van der Waals surface area (Å²) in [5.41, 5.74) is 0.495. The molecule has 1 aliphatic rings. The lowest BCUT2D eigenvalue weighted by Crippen LogP contribution is -2.38. The molecule has 12 heteroatoms. The van der Waals surface area contributed by atoms with E-state index >= 15 is 0 Å². The van der Waals surface area contributed by atoms with Gasteiger partial charge in [0, 0.05) is 11.4 Å². The average Bonchev–Trinajstić information content (AvgIpc) is 2.94. The fourth-order valence-corrected chi connectivity index (χ4v) is 4.95. The number of alkyl halides is 3. The predicted molar refractivity (Wildman–Crippen MR) is 146 cm³/mol. The van der Waals surface area contributed by atoms with Gasteiger partial charge in [-0.2, -0.15) is 13.2 Å². The third-order valence-corrected chi connectivity index (χ3v) is 6.99. The van der Waals surface area contributed by atoms with E-state index in [1.807, 2.05) is 24.3 Å². The number of nitrogens with zero attached hydrogens (tertiary/aromatic N) is 2. The first kappa shape index (κ1) is 29.8. The summed E-state index contributed by atoms with van der Waals surface area (Å²) in [5, 5.41) is 0. The molecule has 0 spiro atoms. The van der Waals surface area contributed by atoms with Gasteiger partial charge in [-0.25, -0.2) is 4.79 Å². The molecular formula is C29H27F3N2O6S. The number of carbonyl (C=O) groups excluding carboxylic acids is 3. The summed E-state index contributed by atoms with van der Waals surface area (Å²) < 4.78 is 55.1. The molecule has 0 N–H and O–H groups in total. The van der Waals surface area contributed by atoms with E-state index in [4.69, 9.17) is 14.2 Å². The minimum Gasteiger partial charge on any atom is -0.492 e. The fraction of sp³-hybridized carbons (Fsp3) is 0.276. The van der Waals surface area contributed by atoms with Crippen LogP contribution in [-0.4, -0.2) is 54.9 Å². The lowest BCUT2D eigenvalue weighted by Gasteiger charge is -2.28. The quantitative estimate of drug-likeness (QED) is 0.277. The third-order valence-electron chi connectivity index (χ3n) is 5.94. The lowest BCUT2D eigenvalue weighted by molar-refractivity contribution is -0.144. The number of rotatable bonds is 10. The Bertz CT molecular complexity index is 1380. The number of hydrogen-bond donors (Lipinski definition) is 0. The van der Waals surface area contributed by atoms with E-state index in [1.54, 1.807) is 36.1 Å². The number of ether oxygens (including phenoxy) is 3. The SMILES string of the molecule is CCOC(=O)CN(Cc1ccc(OCCN2C(=O)CSc3ccccc32)cc1)C(=O)Oc1cccc(C(F)(F)F)c1. The smallest absolute Gasteiger partial charge is 0.416 e. The molecule has 0 saturated heterocycles. The molecule has 0 fully saturated rings. The van der Waals surface area contributed by atoms with Crippen LogP contribution in [0, 0.1) is 0 Å². The van der Waals surface area contributed by atoms with Crippen LogP contribution in [0.1, 0.15) is 18.1 Å². The van der Waals surface area contributed by atoms with Crippen molar-refractivity contribution < 1.29 is 41.8 Å². The normalized spacial score (nSPS) is 12.9. The van der Waals surface area contributed by atoms with Gasteiger partial charge in [0.1, 0.15) is 24.7 Å². The predicted octanol–water partition coefficient (Wildman–Crippen LogP) is 5.79. The van der Waals surface area contributed by atoms with E-state index in [9.17, 15) is 27.6 Å². The Balaban J connectivity index is 1.38. The van der Waals surface area contributed by atoms with Crippen molar-refractivity contribution in [3.8, 4) is 11.5 Å². The number of para-hydroxylation sites is 1. The van der Waals surface area contributed by atoms with Gasteiger partial charge < -0.3 is 19.1 Å². The number of amides is 2. The monoisotopic (exact) mass is 588 g/mol. The number of esters is 1. The molecule has 1 heterocycles. The zero-order valence-electron chi connectivity index (χ0n) is 22.1. The molecule has 0 unspecified atom stereocenters. The van der Waals surface area contributed by atoms with Crippen LogP contribution in [0.4, 0.5) is 23.7 Å². The molecule has 3 aromatic carbocycles. The first-order chi connectivity index (χ1) is 19.6. The van der Waals surface area contributed by atoms with Crippen LogP contribution in [-0.2, 0) is 27.0 Å². The van der Waals surface area contributed by atoms with Crippen LogP contribution in [0.3, 0.4) is 0 Å². The molecule has 0 aliphatic carbocycles. The molecular weight excluding hydrogens is 561 g/mol. The van der Waals surface area contributed by atoms with Crippen LogP contribution in [0.15, 0.2) is 77.7 Å². The van der Waals surface area contributed by atoms with Gasteiger partial charge in [0.2, 0.25) is 5.91 Å². The number of hydrogen-bond acceptors (Lipinski definition) is 7. The maximum atomic E-state index is 13.0. The molecule has 3 aromatic rings. The topological polar surface area (TPSA) is 85.4 Å². The number of halogens is 3. The molecule has 1 aliphatic heterocycles. The Morgan fingerprint density at radius 3 is 2.49 bits per heavy atom. The van der Waals surface area contributed by atoms with Gasteiger partial charge in [-0.05, 0) is 55.0 Å². The summed E-state index contributed by atoms with van der Waals surface area (Å²) in [6.07, 6.45) is -5.62. The standard InChI is InChI=1S/C29H27F3N2O6S/c1-2-38-27(36)18-33(28(37)40-23-7-5-6-21(16-23)29(30,31)32)17-20-10-12-22(13-11-20)39-15-14-34-24-8-3-4-9-25(24)41-19-26(34)35/h3-13,16H,2,14-15,17-19H2,1H3. The minimum absolute atomic E-state index is 0.00589. The molecule has 4 rings (SSSR count). The zero-order valence-corrected chi connectivity index (χ0v) is 22.9. The Morgan fingerprint density at radius 2 is 1.76 bits per heavy atom. The highest BCUT2D eigenvalue weighted by Crippen LogP contribution is 2.35. The van der Waals surface area contributed by atoms with Crippen LogP contribution < -0.4 is 14.4 Å². The van der Waals surface area contributed by atoms with Crippen LogP contribution in [0.5, 0.6) is 11.5 Å². The molecule has 216 valence electrons. The highest BCUT2D eigenvalue weighted by molar-refractivity contribution is 8.00. The number of carbonyl (C=O) groups is 3. The molecule has 0 aromatic heterocycles. The number of thioether (sulfide) groups is 1. The highest BCUT2D eigenvalue weighted by Gasteiger charge is 2.31. The van der Waals surface area contributed by atoms with Gasteiger partial charge in [0.05, 0.1) is 30.2 Å². The van der Waals surface area contributed by atoms with E-state index < -0.39 is 30.3 Å². The van der Waals surface area contributed by atoms with E-state index in [0.717, 1.165) is 27.6 Å². The number of fused-ring (bicyclic) bond motifs is 1. The van der Waals surface area contributed by atoms with Crippen molar-refractivity contribution in [3.05, 3.63) is 83.9 Å². The van der Waals surface area contributed by atoms with Crippen LogP contribution in [0.2, 0.25) is 0 Å². The minimum atomic E-state index is -4.61. The summed E-state index contributed by atoms with van der Waals surface area (Å²) in [6.45, 7) is 1.78. The fourth-order valence-electron chi connectivity index (χ4n) is 4.01. The van der Waals surface area contributed by atoms with E-state index in [0.29, 0.717) is 29.7 Å². The first-order valence-electron chi connectivity index (χ1n) is 12.7. The summed E-state index contributed by atoms with van der Waals surface area (Å²) in [4.78, 5) is 41.2. The highest BCUT2D eigenvalue weighted by atomic mass is 32.2. The molecule has 0 saturated carbocycles. The molecule has 0 bridgehead atoms. The van der Waals surface area contributed by atoms with Crippen LogP contribution >= 0.6 is 11.8 Å². The summed E-state index contributed by atoms with van der Waals surface area (Å²) in [5.74, 6) is -0.100. The second-order valence-corrected chi connectivity index (χ2v) is 9.87. The Morgan fingerprint density at radius 1 is 1.00 bits per heavy atom. The largest absolute Gasteiger partial charge is 0.492 e. The van der Waals surface area contributed by atoms with E-state index in [1.165, 1.54) is 17.8 Å². The molecule has 8 nitrogen and oxygen atoms in total. The van der Waals surface area contributed by atoms with Gasteiger partial charge in [0.15, 0.2) is 0 Å². The zero-order chi connectivity index (χ0) is 29.4. The van der Waals surface area contributed by atoms with Crippen LogP contribution in [0.25, 0.3) is 0 Å². The maximum absolute atomic E-state index is 13.0. The summed E-state index contributed by atoms with van der Waals surface area (Å²) in [7, 11) is 0. The molecule has 0 atom stereocenters. The van der Waals surface area contributed by atoms with Gasteiger partial charge in [-0.15, -0.1) is 11.8 Å². The van der Waals surface area contributed by atoms with Crippen molar-refractivity contribution in [2.24, 2.45) is 0 Å². The van der Waals surface area contributed by atoms with E-state index in [2.05, 4.69) is 0 Å². The van der Waals surface area contributed by atoms with Crippen molar-refractivity contribution in [3.63, 3.8) is 0 Å². The first-order valence-corrected chi connectivity index (χ1v) is 13.7. The van der Waals surface area contributed by atoms with Gasteiger partial charge in [0.25, 0.3) is 0 Å². The summed E-state index contributed by atoms with van der Waals surface area (Å²) >= 11 is 1.50. The average molecular weight is 589 g/mol. The lowest BCUT2D eigenvalue weighted by atomic mass is 10.2. The molecule has 2 amide bonds. The number of benzene rings is 3. The van der Waals surface area contributed by atoms with Crippen molar-refractivity contribution in [1.29, 1.82) is 0 Å². The van der Waals surface area contributed by atoms with Crippen molar-refractivity contribution in [2.75, 3.05) is 37.0 Å². The summed E-state index contributed by atoms with van der Waals surface area (Å²) in [6, 6.07) is 18.3. The van der Waals surface area contributed by atoms with Crippen molar-refractivity contribution >= 4 is 35.4 Å². The van der Waals surface area contributed by atoms with E-state index in [-0.39, 0.29) is 31.4 Å². The molecule has 41 heavy (non-hydrogen) atoms. The number of anilines is 1. The van der Waals surface area contributed by atoms with Gasteiger partial charge >= 0.3 is 18.2 Å². The second kappa shape index (κ2) is 13.4. The maximum Gasteiger partial charge on any atom is 0.416 e. The Labute approximate surface area is 239 Å². The van der Waals surface area contributed by atoms with Crippen molar-refractivity contribution in [2.45, 2.75) is 24.5 Å². The van der Waals surface area contributed by atoms with Crippen molar-refractivity contribution in [1.82, 2.24) is 4.90 Å². The third kappa shape index (κ3) is 8.16. The second-order valence-electron chi connectivity index (χ2n) is 8.85. The molecule has 0 radical (unpaired) electrons. The van der Waals surface area contributed by atoms with Gasteiger partial charge in [-0.1, -0.05) is 30.3 Å². The van der Waals surface area contributed by atoms with Gasteiger partial charge in [-0.3, -0.25) is 14.5 Å². The Hall–Kier alpha value is -4.19. The Kier molecular flexibility index (Phi) is 9.77.